The number of carboxylic acids is 1. The van der Waals surface area contributed by atoms with Gasteiger partial charge in [0.15, 0.2) is 0 Å². The predicted octanol–water partition coefficient (Wildman–Crippen LogP) is 4.55. The summed E-state index contributed by atoms with van der Waals surface area (Å²) < 4.78 is 5.94. The topological polar surface area (TPSA) is 58.6 Å². The minimum atomic E-state index is -1.05. The summed E-state index contributed by atoms with van der Waals surface area (Å²) in [5, 5.41) is 12.6. The van der Waals surface area contributed by atoms with Gasteiger partial charge in [-0.15, -0.1) is 0 Å². The zero-order chi connectivity index (χ0) is 14.7. The average molecular weight is 357 g/mol. The van der Waals surface area contributed by atoms with Crippen molar-refractivity contribution in [3.8, 4) is 5.75 Å². The molecule has 0 unspecified atom stereocenters. The Morgan fingerprint density at radius 2 is 2.00 bits per heavy atom. The molecule has 2 N–H and O–H groups in total. The van der Waals surface area contributed by atoms with Crippen molar-refractivity contribution in [3.63, 3.8) is 0 Å². The molecule has 104 valence electrons. The second kappa shape index (κ2) is 6.15. The Balaban J connectivity index is 2.42. The quantitative estimate of drug-likeness (QED) is 0.843. The van der Waals surface area contributed by atoms with Gasteiger partial charge in [-0.1, -0.05) is 11.6 Å². The first-order valence-electron chi connectivity index (χ1n) is 5.64. The Morgan fingerprint density at radius 1 is 1.25 bits per heavy atom. The number of hydrogen-bond acceptors (Lipinski definition) is 3. The molecule has 0 aliphatic carbocycles. The summed E-state index contributed by atoms with van der Waals surface area (Å²) in [6.45, 7) is 0. The predicted molar refractivity (Wildman–Crippen MR) is 82.4 cm³/mol. The van der Waals surface area contributed by atoms with E-state index in [9.17, 15) is 9.90 Å². The van der Waals surface area contributed by atoms with E-state index in [2.05, 4.69) is 21.2 Å². The highest BCUT2D eigenvalue weighted by atomic mass is 79.9. The molecule has 0 heterocycles. The molecular formula is C14H11BrClNO3. The van der Waals surface area contributed by atoms with Gasteiger partial charge in [-0.25, -0.2) is 4.79 Å². The monoisotopic (exact) mass is 355 g/mol. The maximum absolute atomic E-state index is 11.2. The molecule has 0 bridgehead atoms. The highest BCUT2D eigenvalue weighted by Crippen LogP contribution is 2.31. The van der Waals surface area contributed by atoms with Crippen LogP contribution < -0.4 is 10.1 Å². The fraction of sp³-hybridized carbons (Fsp3) is 0.0714. The number of hydrogen-bond donors (Lipinski definition) is 2. The lowest BCUT2D eigenvalue weighted by Crippen LogP contribution is -2.03. The first kappa shape index (κ1) is 14.7. The van der Waals surface area contributed by atoms with Crippen LogP contribution in [0.1, 0.15) is 10.4 Å². The molecule has 0 aromatic heterocycles. The van der Waals surface area contributed by atoms with Crippen molar-refractivity contribution in [1.29, 1.82) is 0 Å². The van der Waals surface area contributed by atoms with E-state index >= 15 is 0 Å². The second-order valence-corrected chi connectivity index (χ2v) is 5.26. The van der Waals surface area contributed by atoms with Crippen LogP contribution in [0.2, 0.25) is 5.02 Å². The molecule has 0 amide bonds. The highest BCUT2D eigenvalue weighted by molar-refractivity contribution is 9.10. The Morgan fingerprint density at radius 3 is 2.65 bits per heavy atom. The Bertz CT molecular complexity index is 661. The maximum Gasteiger partial charge on any atom is 0.337 e. The van der Waals surface area contributed by atoms with Crippen LogP contribution in [-0.2, 0) is 0 Å². The van der Waals surface area contributed by atoms with E-state index in [1.54, 1.807) is 31.4 Å². The Labute approximate surface area is 129 Å². The zero-order valence-corrected chi connectivity index (χ0v) is 12.8. The minimum absolute atomic E-state index is 0.104. The lowest BCUT2D eigenvalue weighted by atomic mass is 10.1. The average Bonchev–Trinajstić information content (AvgIpc) is 2.42. The molecule has 20 heavy (non-hydrogen) atoms. The standard InChI is InChI=1S/C14H11BrClNO3/c1-20-9-3-4-11(15)13(7-9)17-12-5-2-8(16)6-10(12)14(18)19/h2-7,17H,1H3,(H,18,19). The van der Waals surface area contributed by atoms with Crippen molar-refractivity contribution in [2.45, 2.75) is 0 Å². The number of rotatable bonds is 4. The number of halogens is 2. The van der Waals surface area contributed by atoms with Gasteiger partial charge >= 0.3 is 5.97 Å². The number of ether oxygens (including phenoxy) is 1. The number of aromatic carboxylic acids is 1. The third kappa shape index (κ3) is 3.23. The molecule has 4 nitrogen and oxygen atoms in total. The number of nitrogens with one attached hydrogen (secondary N) is 1. The fourth-order valence-corrected chi connectivity index (χ4v) is 2.19. The van der Waals surface area contributed by atoms with E-state index in [0.717, 1.165) is 4.47 Å². The number of anilines is 2. The van der Waals surface area contributed by atoms with Gasteiger partial charge in [0.05, 0.1) is 24.0 Å². The Hall–Kier alpha value is -1.72. The van der Waals surface area contributed by atoms with Crippen LogP contribution in [-0.4, -0.2) is 18.2 Å². The van der Waals surface area contributed by atoms with Crippen molar-refractivity contribution in [3.05, 3.63) is 51.5 Å². The van der Waals surface area contributed by atoms with Crippen molar-refractivity contribution < 1.29 is 14.6 Å². The second-order valence-electron chi connectivity index (χ2n) is 3.97. The SMILES string of the molecule is COc1ccc(Br)c(Nc2ccc(Cl)cc2C(=O)O)c1. The van der Waals surface area contributed by atoms with Crippen LogP contribution in [0.4, 0.5) is 11.4 Å². The molecule has 0 saturated carbocycles. The van der Waals surface area contributed by atoms with E-state index in [0.29, 0.717) is 22.1 Å². The molecule has 6 heteroatoms. The van der Waals surface area contributed by atoms with Crippen molar-refractivity contribution in [2.24, 2.45) is 0 Å². The molecule has 2 aromatic rings. The Kier molecular flexibility index (Phi) is 4.52. The van der Waals surface area contributed by atoms with E-state index in [-0.39, 0.29) is 5.56 Å². The van der Waals surface area contributed by atoms with Gasteiger partial charge in [-0.05, 0) is 46.3 Å². The molecule has 0 atom stereocenters. The maximum atomic E-state index is 11.2. The van der Waals surface area contributed by atoms with E-state index < -0.39 is 5.97 Å². The van der Waals surface area contributed by atoms with E-state index in [1.807, 2.05) is 6.07 Å². The summed E-state index contributed by atoms with van der Waals surface area (Å²) in [4.78, 5) is 11.2. The van der Waals surface area contributed by atoms with Crippen LogP contribution in [0.3, 0.4) is 0 Å². The minimum Gasteiger partial charge on any atom is -0.497 e. The van der Waals surface area contributed by atoms with Crippen LogP contribution in [0.25, 0.3) is 0 Å². The summed E-state index contributed by atoms with van der Waals surface area (Å²) in [6, 6.07) is 10.0. The molecule has 0 spiro atoms. The highest BCUT2D eigenvalue weighted by Gasteiger charge is 2.12. The summed E-state index contributed by atoms with van der Waals surface area (Å²) in [7, 11) is 1.57. The lowest BCUT2D eigenvalue weighted by Gasteiger charge is -2.12. The van der Waals surface area contributed by atoms with Crippen molar-refractivity contribution in [2.75, 3.05) is 12.4 Å². The third-order valence-electron chi connectivity index (χ3n) is 2.65. The van der Waals surface area contributed by atoms with E-state index in [4.69, 9.17) is 16.3 Å². The fourth-order valence-electron chi connectivity index (χ4n) is 1.67. The summed E-state index contributed by atoms with van der Waals surface area (Å²) in [6.07, 6.45) is 0. The molecule has 0 fully saturated rings. The lowest BCUT2D eigenvalue weighted by molar-refractivity contribution is 0.0698. The van der Waals surface area contributed by atoms with Crippen LogP contribution in [0, 0.1) is 0 Å². The number of benzene rings is 2. The molecule has 0 saturated heterocycles. The van der Waals surface area contributed by atoms with Gasteiger partial charge in [-0.2, -0.15) is 0 Å². The smallest absolute Gasteiger partial charge is 0.337 e. The first-order valence-corrected chi connectivity index (χ1v) is 6.82. The zero-order valence-electron chi connectivity index (χ0n) is 10.5. The van der Waals surface area contributed by atoms with Gasteiger partial charge in [0, 0.05) is 15.6 Å². The summed E-state index contributed by atoms with van der Waals surface area (Å²) >= 11 is 9.22. The largest absolute Gasteiger partial charge is 0.497 e. The van der Waals surface area contributed by atoms with Gasteiger partial charge in [0.25, 0.3) is 0 Å². The molecular weight excluding hydrogens is 346 g/mol. The molecule has 0 radical (unpaired) electrons. The van der Waals surface area contributed by atoms with E-state index in [1.165, 1.54) is 6.07 Å². The first-order chi connectivity index (χ1) is 9.51. The summed E-state index contributed by atoms with van der Waals surface area (Å²) in [5.74, 6) is -0.379. The molecule has 0 aliphatic rings. The number of carbonyl (C=O) groups is 1. The summed E-state index contributed by atoms with van der Waals surface area (Å²) in [5.41, 5.74) is 1.26. The van der Waals surface area contributed by atoms with Gasteiger partial charge in [0.2, 0.25) is 0 Å². The van der Waals surface area contributed by atoms with Crippen LogP contribution in [0.15, 0.2) is 40.9 Å². The van der Waals surface area contributed by atoms with Crippen LogP contribution >= 0.6 is 27.5 Å². The number of carboxylic acid groups (broad SMARTS) is 1. The van der Waals surface area contributed by atoms with Crippen LogP contribution in [0.5, 0.6) is 5.75 Å². The molecule has 2 rings (SSSR count). The number of methoxy groups -OCH3 is 1. The molecule has 0 aliphatic heterocycles. The van der Waals surface area contributed by atoms with Crippen molar-refractivity contribution >= 4 is 44.9 Å². The third-order valence-corrected chi connectivity index (χ3v) is 3.58. The van der Waals surface area contributed by atoms with Crippen molar-refractivity contribution in [1.82, 2.24) is 0 Å². The van der Waals surface area contributed by atoms with Gasteiger partial charge in [-0.3, -0.25) is 0 Å². The normalized spacial score (nSPS) is 10.2. The van der Waals surface area contributed by atoms with Gasteiger partial charge < -0.3 is 15.2 Å². The van der Waals surface area contributed by atoms with Gasteiger partial charge in [0.1, 0.15) is 5.75 Å². The molecule has 2 aromatic carbocycles.